The summed E-state index contributed by atoms with van der Waals surface area (Å²) in [6.45, 7) is 3.52. The molecule has 0 spiro atoms. The third-order valence-corrected chi connectivity index (χ3v) is 2.84. The number of halogens is 1. The van der Waals surface area contributed by atoms with Gasteiger partial charge in [0.05, 0.1) is 0 Å². The van der Waals surface area contributed by atoms with Gasteiger partial charge in [-0.1, -0.05) is 18.2 Å². The monoisotopic (exact) mass is 231 g/mol. The Balaban J connectivity index is 2.40. The Kier molecular flexibility index (Phi) is 3.20. The van der Waals surface area contributed by atoms with Crippen molar-refractivity contribution in [1.82, 2.24) is 4.98 Å². The molecule has 0 saturated heterocycles. The van der Waals surface area contributed by atoms with E-state index in [0.29, 0.717) is 11.1 Å². The number of hydrogen-bond acceptors (Lipinski definition) is 2. The van der Waals surface area contributed by atoms with Crippen LogP contribution in [0.1, 0.15) is 28.5 Å². The minimum Gasteiger partial charge on any atom is -0.384 e. The molecular weight excluding hydrogens is 217 g/mol. The molecule has 1 N–H and O–H groups in total. The van der Waals surface area contributed by atoms with Gasteiger partial charge in [-0.2, -0.15) is 0 Å². The van der Waals surface area contributed by atoms with Crippen LogP contribution in [0, 0.1) is 19.7 Å². The Labute approximate surface area is 99.8 Å². The highest BCUT2D eigenvalue weighted by Crippen LogP contribution is 2.24. The predicted molar refractivity (Wildman–Crippen MR) is 64.2 cm³/mol. The van der Waals surface area contributed by atoms with Gasteiger partial charge in [0.1, 0.15) is 11.9 Å². The maximum Gasteiger partial charge on any atom is 0.126 e. The second kappa shape index (κ2) is 4.63. The average Bonchev–Trinajstić information content (AvgIpc) is 2.32. The van der Waals surface area contributed by atoms with Crippen LogP contribution in [0.15, 0.2) is 36.5 Å². The van der Waals surface area contributed by atoms with E-state index in [1.165, 1.54) is 6.07 Å². The van der Waals surface area contributed by atoms with Gasteiger partial charge in [0.15, 0.2) is 0 Å². The molecule has 1 heterocycles. The van der Waals surface area contributed by atoms with Crippen LogP contribution < -0.4 is 0 Å². The standard InChI is InChI=1S/C14H14FNO/c1-9-8-11(5-6-13(9)15)14(17)12-4-3-7-16-10(12)2/h3-8,14,17H,1-2H3. The third-order valence-electron chi connectivity index (χ3n) is 2.84. The first-order chi connectivity index (χ1) is 8.09. The lowest BCUT2D eigenvalue weighted by Gasteiger charge is -2.14. The second-order valence-corrected chi connectivity index (χ2v) is 4.09. The van der Waals surface area contributed by atoms with E-state index >= 15 is 0 Å². The van der Waals surface area contributed by atoms with E-state index in [0.717, 1.165) is 11.3 Å². The first-order valence-corrected chi connectivity index (χ1v) is 5.45. The molecule has 0 saturated carbocycles. The summed E-state index contributed by atoms with van der Waals surface area (Å²) in [4.78, 5) is 4.13. The molecule has 0 bridgehead atoms. The number of nitrogens with zero attached hydrogens (tertiary/aromatic N) is 1. The van der Waals surface area contributed by atoms with Gasteiger partial charge >= 0.3 is 0 Å². The van der Waals surface area contributed by atoms with E-state index in [-0.39, 0.29) is 5.82 Å². The summed E-state index contributed by atoms with van der Waals surface area (Å²) in [5.74, 6) is -0.260. The Morgan fingerprint density at radius 1 is 1.24 bits per heavy atom. The number of aliphatic hydroxyl groups excluding tert-OH is 1. The Hall–Kier alpha value is -1.74. The van der Waals surface area contributed by atoms with E-state index in [2.05, 4.69) is 4.98 Å². The van der Waals surface area contributed by atoms with Crippen LogP contribution in [0.4, 0.5) is 4.39 Å². The molecule has 17 heavy (non-hydrogen) atoms. The minimum absolute atomic E-state index is 0.260. The average molecular weight is 231 g/mol. The molecular formula is C14H14FNO. The Morgan fingerprint density at radius 2 is 2.00 bits per heavy atom. The molecule has 1 unspecified atom stereocenters. The molecule has 0 amide bonds. The lowest BCUT2D eigenvalue weighted by Crippen LogP contribution is -2.03. The van der Waals surface area contributed by atoms with Crippen LogP contribution >= 0.6 is 0 Å². The van der Waals surface area contributed by atoms with E-state index in [1.807, 2.05) is 13.0 Å². The fraction of sp³-hybridized carbons (Fsp3) is 0.214. The summed E-state index contributed by atoms with van der Waals surface area (Å²) in [5.41, 5.74) is 2.74. The van der Waals surface area contributed by atoms with E-state index < -0.39 is 6.10 Å². The fourth-order valence-electron chi connectivity index (χ4n) is 1.80. The lowest BCUT2D eigenvalue weighted by molar-refractivity contribution is 0.219. The summed E-state index contributed by atoms with van der Waals surface area (Å²) in [5, 5.41) is 10.2. The summed E-state index contributed by atoms with van der Waals surface area (Å²) >= 11 is 0. The zero-order valence-corrected chi connectivity index (χ0v) is 9.81. The highest BCUT2D eigenvalue weighted by molar-refractivity contribution is 5.34. The van der Waals surface area contributed by atoms with Gasteiger partial charge < -0.3 is 5.11 Å². The molecule has 3 heteroatoms. The van der Waals surface area contributed by atoms with Crippen molar-refractivity contribution in [2.75, 3.05) is 0 Å². The molecule has 2 aromatic rings. The van der Waals surface area contributed by atoms with Crippen LogP contribution in [-0.4, -0.2) is 10.1 Å². The number of aromatic nitrogens is 1. The van der Waals surface area contributed by atoms with Gasteiger partial charge in [-0.15, -0.1) is 0 Å². The molecule has 0 aliphatic heterocycles. The SMILES string of the molecule is Cc1cc(C(O)c2cccnc2C)ccc1F. The second-order valence-electron chi connectivity index (χ2n) is 4.09. The molecule has 1 aromatic heterocycles. The van der Waals surface area contributed by atoms with Crippen molar-refractivity contribution in [3.8, 4) is 0 Å². The first-order valence-electron chi connectivity index (χ1n) is 5.45. The van der Waals surface area contributed by atoms with Crippen LogP contribution in [0.3, 0.4) is 0 Å². The smallest absolute Gasteiger partial charge is 0.126 e. The highest BCUT2D eigenvalue weighted by Gasteiger charge is 2.14. The largest absolute Gasteiger partial charge is 0.384 e. The van der Waals surface area contributed by atoms with Crippen LogP contribution in [0.5, 0.6) is 0 Å². The normalized spacial score (nSPS) is 12.5. The van der Waals surface area contributed by atoms with Crippen molar-refractivity contribution < 1.29 is 9.50 Å². The number of aliphatic hydroxyl groups is 1. The molecule has 1 aromatic carbocycles. The van der Waals surface area contributed by atoms with Gasteiger partial charge in [-0.25, -0.2) is 4.39 Å². The number of pyridine rings is 1. The van der Waals surface area contributed by atoms with Crippen molar-refractivity contribution >= 4 is 0 Å². The van der Waals surface area contributed by atoms with Crippen LogP contribution in [0.2, 0.25) is 0 Å². The van der Waals surface area contributed by atoms with Gasteiger partial charge in [-0.05, 0) is 37.1 Å². The summed E-state index contributed by atoms with van der Waals surface area (Å²) < 4.78 is 13.1. The van der Waals surface area contributed by atoms with E-state index in [4.69, 9.17) is 0 Å². The molecule has 0 radical (unpaired) electrons. The molecule has 0 fully saturated rings. The fourth-order valence-corrected chi connectivity index (χ4v) is 1.80. The van der Waals surface area contributed by atoms with Crippen molar-refractivity contribution in [2.24, 2.45) is 0 Å². The molecule has 0 aliphatic carbocycles. The first kappa shape index (κ1) is 11.7. The van der Waals surface area contributed by atoms with Crippen LogP contribution in [0.25, 0.3) is 0 Å². The summed E-state index contributed by atoms with van der Waals surface area (Å²) in [6.07, 6.45) is 0.921. The zero-order chi connectivity index (χ0) is 12.4. The maximum absolute atomic E-state index is 13.1. The van der Waals surface area contributed by atoms with E-state index in [9.17, 15) is 9.50 Å². The molecule has 2 nitrogen and oxygen atoms in total. The molecule has 2 rings (SSSR count). The lowest BCUT2D eigenvalue weighted by atomic mass is 9.99. The topological polar surface area (TPSA) is 33.1 Å². The van der Waals surface area contributed by atoms with Crippen molar-refractivity contribution in [1.29, 1.82) is 0 Å². The quantitative estimate of drug-likeness (QED) is 0.862. The van der Waals surface area contributed by atoms with Gasteiger partial charge in [-0.3, -0.25) is 4.98 Å². The Morgan fingerprint density at radius 3 is 2.65 bits per heavy atom. The summed E-state index contributed by atoms with van der Waals surface area (Å²) in [6, 6.07) is 8.24. The molecule has 0 aliphatic rings. The third kappa shape index (κ3) is 2.34. The minimum atomic E-state index is -0.761. The van der Waals surface area contributed by atoms with Gasteiger partial charge in [0.2, 0.25) is 0 Å². The number of hydrogen-bond donors (Lipinski definition) is 1. The summed E-state index contributed by atoms with van der Waals surface area (Å²) in [7, 11) is 0. The van der Waals surface area contributed by atoms with Crippen molar-refractivity contribution in [3.63, 3.8) is 0 Å². The predicted octanol–water partition coefficient (Wildman–Crippen LogP) is 2.92. The van der Waals surface area contributed by atoms with Crippen LogP contribution in [-0.2, 0) is 0 Å². The Bertz CT molecular complexity index is 539. The zero-order valence-electron chi connectivity index (χ0n) is 9.81. The van der Waals surface area contributed by atoms with E-state index in [1.54, 1.807) is 31.3 Å². The van der Waals surface area contributed by atoms with Crippen molar-refractivity contribution in [2.45, 2.75) is 20.0 Å². The number of aryl methyl sites for hydroxylation is 2. The number of benzene rings is 1. The maximum atomic E-state index is 13.1. The van der Waals surface area contributed by atoms with Crippen molar-refractivity contribution in [3.05, 3.63) is 64.7 Å². The molecule has 1 atom stereocenters. The highest BCUT2D eigenvalue weighted by atomic mass is 19.1. The van der Waals surface area contributed by atoms with Gasteiger partial charge in [0, 0.05) is 17.5 Å². The molecule has 88 valence electrons. The van der Waals surface area contributed by atoms with Gasteiger partial charge in [0.25, 0.3) is 0 Å². The number of rotatable bonds is 2.